The zero-order valence-corrected chi connectivity index (χ0v) is 14.8. The van der Waals surface area contributed by atoms with Crippen LogP contribution in [0.25, 0.3) is 10.8 Å². The summed E-state index contributed by atoms with van der Waals surface area (Å²) >= 11 is 0. The summed E-state index contributed by atoms with van der Waals surface area (Å²) in [6.07, 6.45) is 0.499. The molecule has 2 aromatic rings. The number of rotatable bonds is 5. The molecule has 2 atom stereocenters. The minimum absolute atomic E-state index is 0. The van der Waals surface area contributed by atoms with E-state index in [1.165, 1.54) is 5.39 Å². The van der Waals surface area contributed by atoms with Gasteiger partial charge in [-0.05, 0) is 29.8 Å². The zero-order valence-electron chi connectivity index (χ0n) is 14.0. The summed E-state index contributed by atoms with van der Waals surface area (Å²) in [7, 11) is 0. The van der Waals surface area contributed by atoms with Crippen molar-refractivity contribution in [1.82, 2.24) is 4.90 Å². The van der Waals surface area contributed by atoms with Gasteiger partial charge in [0.2, 0.25) is 5.91 Å². The number of hydrogen-bond acceptors (Lipinski definition) is 3. The molecule has 1 fully saturated rings. The number of carbonyl (C=O) groups is 1. The molecule has 0 aromatic heterocycles. The largest absolute Gasteiger partial charge is 0.376 e. The van der Waals surface area contributed by atoms with Crippen molar-refractivity contribution < 1.29 is 9.53 Å². The number of carbonyl (C=O) groups excluding carboxylic acids is 1. The first-order chi connectivity index (χ1) is 11.2. The van der Waals surface area contributed by atoms with Crippen LogP contribution in [0.15, 0.2) is 42.5 Å². The Morgan fingerprint density at radius 1 is 1.21 bits per heavy atom. The molecular weight excluding hydrogens is 324 g/mol. The fourth-order valence-corrected chi connectivity index (χ4v) is 3.40. The molecule has 0 spiro atoms. The van der Waals surface area contributed by atoms with E-state index in [0.29, 0.717) is 32.7 Å². The smallest absolute Gasteiger partial charge is 0.227 e. The van der Waals surface area contributed by atoms with E-state index in [4.69, 9.17) is 10.5 Å². The highest BCUT2D eigenvalue weighted by molar-refractivity contribution is 5.90. The molecule has 1 aliphatic heterocycles. The first-order valence-corrected chi connectivity index (χ1v) is 8.29. The van der Waals surface area contributed by atoms with Crippen LogP contribution >= 0.6 is 12.4 Å². The standard InChI is InChI=1S/C19H24N2O2.ClH/c1-2-23-18-13-21(12-16(18)11-20)19(22)10-15-8-5-7-14-6-3-4-9-17(14)15;/h3-9,16,18H,2,10-13,20H2,1H3;1H/t16-,18-;/m1./s1. The van der Waals surface area contributed by atoms with Gasteiger partial charge in [0.25, 0.3) is 0 Å². The summed E-state index contributed by atoms with van der Waals surface area (Å²) in [5.74, 6) is 0.397. The Balaban J connectivity index is 0.00000208. The number of nitrogens with two attached hydrogens (primary N) is 1. The quantitative estimate of drug-likeness (QED) is 0.903. The fourth-order valence-electron chi connectivity index (χ4n) is 3.40. The van der Waals surface area contributed by atoms with Gasteiger partial charge in [-0.2, -0.15) is 0 Å². The highest BCUT2D eigenvalue weighted by Gasteiger charge is 2.34. The molecule has 0 bridgehead atoms. The molecule has 1 amide bonds. The van der Waals surface area contributed by atoms with Crippen LogP contribution in [0.2, 0.25) is 0 Å². The first kappa shape index (κ1) is 18.7. The van der Waals surface area contributed by atoms with Gasteiger partial charge in [-0.3, -0.25) is 4.79 Å². The lowest BCUT2D eigenvalue weighted by molar-refractivity contribution is -0.129. The van der Waals surface area contributed by atoms with Gasteiger partial charge in [0, 0.05) is 25.6 Å². The molecule has 1 aliphatic rings. The zero-order chi connectivity index (χ0) is 16.2. The van der Waals surface area contributed by atoms with Crippen LogP contribution in [0.1, 0.15) is 12.5 Å². The van der Waals surface area contributed by atoms with Crippen LogP contribution in [0.4, 0.5) is 0 Å². The molecule has 5 heteroatoms. The molecule has 3 rings (SSSR count). The Kier molecular flexibility index (Phi) is 6.60. The average molecular weight is 349 g/mol. The van der Waals surface area contributed by atoms with Crippen LogP contribution < -0.4 is 5.73 Å². The highest BCUT2D eigenvalue weighted by atomic mass is 35.5. The monoisotopic (exact) mass is 348 g/mol. The summed E-state index contributed by atoms with van der Waals surface area (Å²) in [5, 5.41) is 2.32. The van der Waals surface area contributed by atoms with E-state index in [9.17, 15) is 4.79 Å². The Morgan fingerprint density at radius 2 is 1.96 bits per heavy atom. The van der Waals surface area contributed by atoms with Crippen LogP contribution in [0.5, 0.6) is 0 Å². The van der Waals surface area contributed by atoms with Crippen molar-refractivity contribution in [2.24, 2.45) is 11.7 Å². The third kappa shape index (κ3) is 3.89. The summed E-state index contributed by atoms with van der Waals surface area (Å²) in [4.78, 5) is 14.6. The maximum absolute atomic E-state index is 12.7. The van der Waals surface area contributed by atoms with Crippen LogP contribution in [-0.2, 0) is 16.0 Å². The molecular formula is C19H25ClN2O2. The maximum atomic E-state index is 12.7. The second-order valence-electron chi connectivity index (χ2n) is 6.10. The molecule has 0 saturated carbocycles. The molecule has 2 aromatic carbocycles. The SMILES string of the molecule is CCO[C@@H]1CN(C(=O)Cc2cccc3ccccc23)C[C@H]1CN.Cl. The number of benzene rings is 2. The first-order valence-electron chi connectivity index (χ1n) is 8.29. The average Bonchev–Trinajstić information content (AvgIpc) is 2.99. The second-order valence-corrected chi connectivity index (χ2v) is 6.10. The summed E-state index contributed by atoms with van der Waals surface area (Å²) < 4.78 is 5.73. The minimum atomic E-state index is 0. The number of halogens is 1. The van der Waals surface area contributed by atoms with Crippen molar-refractivity contribution >= 4 is 29.1 Å². The van der Waals surface area contributed by atoms with Crippen molar-refractivity contribution in [2.45, 2.75) is 19.4 Å². The Hall–Kier alpha value is -1.62. The number of amides is 1. The van der Waals surface area contributed by atoms with Crippen LogP contribution in [0.3, 0.4) is 0 Å². The molecule has 2 N–H and O–H groups in total. The topological polar surface area (TPSA) is 55.6 Å². The molecule has 1 heterocycles. The lowest BCUT2D eigenvalue weighted by Crippen LogP contribution is -2.31. The van der Waals surface area contributed by atoms with E-state index in [1.807, 2.05) is 36.1 Å². The summed E-state index contributed by atoms with van der Waals surface area (Å²) in [6.45, 7) is 4.55. The predicted octanol–water partition coefficient (Wildman–Crippen LogP) is 2.63. The summed E-state index contributed by atoms with van der Waals surface area (Å²) in [6, 6.07) is 14.3. The van der Waals surface area contributed by atoms with E-state index in [0.717, 1.165) is 10.9 Å². The summed E-state index contributed by atoms with van der Waals surface area (Å²) in [5.41, 5.74) is 6.91. The molecule has 0 aliphatic carbocycles. The van der Waals surface area contributed by atoms with Crippen molar-refractivity contribution in [3.63, 3.8) is 0 Å². The predicted molar refractivity (Wildman–Crippen MR) is 99.4 cm³/mol. The normalized spacial score (nSPS) is 20.2. The van der Waals surface area contributed by atoms with Crippen molar-refractivity contribution in [3.8, 4) is 0 Å². The van der Waals surface area contributed by atoms with Gasteiger partial charge in [-0.25, -0.2) is 0 Å². The van der Waals surface area contributed by atoms with Gasteiger partial charge >= 0.3 is 0 Å². The van der Waals surface area contributed by atoms with Crippen molar-refractivity contribution in [1.29, 1.82) is 0 Å². The van der Waals surface area contributed by atoms with Gasteiger partial charge < -0.3 is 15.4 Å². The number of fused-ring (bicyclic) bond motifs is 1. The lowest BCUT2D eigenvalue weighted by atomic mass is 10.0. The molecule has 1 saturated heterocycles. The molecule has 24 heavy (non-hydrogen) atoms. The van der Waals surface area contributed by atoms with Crippen molar-refractivity contribution in [2.75, 3.05) is 26.2 Å². The Morgan fingerprint density at radius 3 is 2.71 bits per heavy atom. The van der Waals surface area contributed by atoms with E-state index >= 15 is 0 Å². The van der Waals surface area contributed by atoms with Crippen molar-refractivity contribution in [3.05, 3.63) is 48.0 Å². The van der Waals surface area contributed by atoms with Crippen LogP contribution in [-0.4, -0.2) is 43.2 Å². The molecule has 4 nitrogen and oxygen atoms in total. The number of hydrogen-bond donors (Lipinski definition) is 1. The number of likely N-dealkylation sites (tertiary alicyclic amines) is 1. The van der Waals surface area contributed by atoms with Gasteiger partial charge in [-0.1, -0.05) is 42.5 Å². The van der Waals surface area contributed by atoms with Gasteiger partial charge in [-0.15, -0.1) is 12.4 Å². The number of nitrogens with zero attached hydrogens (tertiary/aromatic N) is 1. The van der Waals surface area contributed by atoms with Gasteiger partial charge in [0.15, 0.2) is 0 Å². The lowest BCUT2D eigenvalue weighted by Gasteiger charge is -2.17. The van der Waals surface area contributed by atoms with Crippen LogP contribution in [0, 0.1) is 5.92 Å². The molecule has 130 valence electrons. The Bertz CT molecular complexity index is 687. The van der Waals surface area contributed by atoms with E-state index < -0.39 is 0 Å². The van der Waals surface area contributed by atoms with E-state index in [2.05, 4.69) is 18.2 Å². The van der Waals surface area contributed by atoms with E-state index in [-0.39, 0.29) is 30.3 Å². The Labute approximate surface area is 149 Å². The second kappa shape index (κ2) is 8.47. The fraction of sp³-hybridized carbons (Fsp3) is 0.421. The molecule has 0 radical (unpaired) electrons. The third-order valence-corrected chi connectivity index (χ3v) is 4.64. The number of ether oxygens (including phenoxy) is 1. The van der Waals surface area contributed by atoms with Gasteiger partial charge in [0.1, 0.15) is 0 Å². The van der Waals surface area contributed by atoms with Gasteiger partial charge in [0.05, 0.1) is 12.5 Å². The highest BCUT2D eigenvalue weighted by Crippen LogP contribution is 2.23. The minimum Gasteiger partial charge on any atom is -0.376 e. The van der Waals surface area contributed by atoms with E-state index in [1.54, 1.807) is 0 Å². The maximum Gasteiger partial charge on any atom is 0.227 e. The molecule has 0 unspecified atom stereocenters. The third-order valence-electron chi connectivity index (χ3n) is 4.64.